The van der Waals surface area contributed by atoms with Crippen molar-refractivity contribution in [2.45, 2.75) is 72.0 Å². The molecule has 0 aromatic carbocycles. The number of carbonyl (C=O) groups is 3. The number of ether oxygens (including phenoxy) is 2. The van der Waals surface area contributed by atoms with Crippen molar-refractivity contribution in [3.05, 3.63) is 0 Å². The normalized spacial score (nSPS) is 11.7. The molecule has 0 heterocycles. The molecular formula is C16H29NO5. The Labute approximate surface area is 133 Å². The molecule has 0 saturated heterocycles. The molecule has 128 valence electrons. The maximum absolute atomic E-state index is 12.2. The average molecular weight is 315 g/mol. The van der Waals surface area contributed by atoms with Crippen LogP contribution in [0.15, 0.2) is 0 Å². The third-order valence-corrected chi connectivity index (χ3v) is 2.39. The molecule has 0 atom stereocenters. The van der Waals surface area contributed by atoms with Crippen LogP contribution in [-0.2, 0) is 19.1 Å². The lowest BCUT2D eigenvalue weighted by atomic mass is 10.2. The molecule has 6 heteroatoms. The van der Waals surface area contributed by atoms with Crippen LogP contribution in [0.25, 0.3) is 0 Å². The van der Waals surface area contributed by atoms with Crippen molar-refractivity contribution < 1.29 is 23.9 Å². The molecule has 0 spiro atoms. The number of hydrogen-bond donors (Lipinski definition) is 0. The molecule has 0 aromatic heterocycles. The minimum absolute atomic E-state index is 0.159. The van der Waals surface area contributed by atoms with Crippen LogP contribution in [0.3, 0.4) is 0 Å². The number of aldehydes is 1. The highest BCUT2D eigenvalue weighted by atomic mass is 16.6. The Morgan fingerprint density at radius 1 is 0.955 bits per heavy atom. The second-order valence-electron chi connectivity index (χ2n) is 7.15. The number of hydrogen-bond acceptors (Lipinski definition) is 5. The van der Waals surface area contributed by atoms with Crippen LogP contribution in [-0.4, -0.2) is 47.5 Å². The predicted octanol–water partition coefficient (Wildman–Crippen LogP) is 2.93. The van der Waals surface area contributed by atoms with E-state index < -0.39 is 23.3 Å². The summed E-state index contributed by atoms with van der Waals surface area (Å²) in [5.41, 5.74) is -1.24. The third kappa shape index (κ3) is 11.1. The number of unbranched alkanes of at least 4 members (excludes halogenated alkanes) is 2. The zero-order chi connectivity index (χ0) is 17.4. The monoisotopic (exact) mass is 315 g/mol. The van der Waals surface area contributed by atoms with Crippen LogP contribution in [0.4, 0.5) is 4.79 Å². The number of nitrogens with zero attached hydrogens (tertiary/aromatic N) is 1. The van der Waals surface area contributed by atoms with Gasteiger partial charge >= 0.3 is 12.1 Å². The lowest BCUT2D eigenvalue weighted by molar-refractivity contribution is -0.156. The number of esters is 1. The highest BCUT2D eigenvalue weighted by Crippen LogP contribution is 2.12. The zero-order valence-electron chi connectivity index (χ0n) is 14.6. The van der Waals surface area contributed by atoms with Gasteiger partial charge in [-0.3, -0.25) is 9.69 Å². The first-order valence-corrected chi connectivity index (χ1v) is 7.58. The summed E-state index contributed by atoms with van der Waals surface area (Å²) >= 11 is 0. The van der Waals surface area contributed by atoms with Gasteiger partial charge in [0, 0.05) is 13.0 Å². The molecule has 0 aliphatic heterocycles. The topological polar surface area (TPSA) is 72.9 Å². The van der Waals surface area contributed by atoms with E-state index in [2.05, 4.69) is 0 Å². The number of carbonyl (C=O) groups excluding carboxylic acids is 3. The molecule has 1 amide bonds. The molecule has 0 N–H and O–H groups in total. The largest absolute Gasteiger partial charge is 0.459 e. The first kappa shape index (κ1) is 20.4. The summed E-state index contributed by atoms with van der Waals surface area (Å²) in [5, 5.41) is 0. The predicted molar refractivity (Wildman–Crippen MR) is 83.6 cm³/mol. The van der Waals surface area contributed by atoms with Crippen molar-refractivity contribution in [3.8, 4) is 0 Å². The fraction of sp³-hybridized carbons (Fsp3) is 0.812. The second kappa shape index (κ2) is 8.76. The van der Waals surface area contributed by atoms with Gasteiger partial charge in [-0.25, -0.2) is 4.79 Å². The van der Waals surface area contributed by atoms with Crippen molar-refractivity contribution in [2.75, 3.05) is 13.1 Å². The SMILES string of the molecule is CC(C)(C)OC(=O)CN(CCCCC=O)C(=O)OC(C)(C)C. The van der Waals surface area contributed by atoms with Crippen molar-refractivity contribution in [1.82, 2.24) is 4.90 Å². The quantitative estimate of drug-likeness (QED) is 0.410. The van der Waals surface area contributed by atoms with E-state index in [9.17, 15) is 14.4 Å². The molecule has 6 nitrogen and oxygen atoms in total. The Balaban J connectivity index is 4.67. The van der Waals surface area contributed by atoms with Crippen LogP contribution in [0.1, 0.15) is 60.8 Å². The lowest BCUT2D eigenvalue weighted by Gasteiger charge is -2.28. The van der Waals surface area contributed by atoms with Gasteiger partial charge in [0.25, 0.3) is 0 Å². The summed E-state index contributed by atoms with van der Waals surface area (Å²) in [5.74, 6) is -0.478. The van der Waals surface area contributed by atoms with E-state index in [4.69, 9.17) is 9.47 Å². The van der Waals surface area contributed by atoms with E-state index >= 15 is 0 Å². The van der Waals surface area contributed by atoms with Gasteiger partial charge in [-0.2, -0.15) is 0 Å². The Hall–Kier alpha value is -1.59. The van der Waals surface area contributed by atoms with Gasteiger partial charge < -0.3 is 14.3 Å². The minimum Gasteiger partial charge on any atom is -0.459 e. The first-order valence-electron chi connectivity index (χ1n) is 7.58. The molecule has 22 heavy (non-hydrogen) atoms. The van der Waals surface area contributed by atoms with Crippen molar-refractivity contribution in [3.63, 3.8) is 0 Å². The molecule has 0 saturated carbocycles. The van der Waals surface area contributed by atoms with Gasteiger partial charge in [-0.05, 0) is 54.4 Å². The third-order valence-electron chi connectivity index (χ3n) is 2.39. The molecule has 0 bridgehead atoms. The molecule has 0 unspecified atom stereocenters. The van der Waals surface area contributed by atoms with Crippen molar-refractivity contribution in [2.24, 2.45) is 0 Å². The maximum atomic E-state index is 12.2. The van der Waals surface area contributed by atoms with Crippen LogP contribution >= 0.6 is 0 Å². The highest BCUT2D eigenvalue weighted by molar-refractivity contribution is 5.78. The van der Waals surface area contributed by atoms with Crippen LogP contribution in [0, 0.1) is 0 Å². The Kier molecular flexibility index (Phi) is 8.12. The van der Waals surface area contributed by atoms with Gasteiger partial charge in [0.15, 0.2) is 0 Å². The summed E-state index contributed by atoms with van der Waals surface area (Å²) in [7, 11) is 0. The van der Waals surface area contributed by atoms with Crippen molar-refractivity contribution in [1.29, 1.82) is 0 Å². The molecular weight excluding hydrogens is 286 g/mol. The zero-order valence-corrected chi connectivity index (χ0v) is 14.6. The second-order valence-corrected chi connectivity index (χ2v) is 7.15. The van der Waals surface area contributed by atoms with Crippen LogP contribution < -0.4 is 0 Å². The Bertz CT molecular complexity index is 379. The summed E-state index contributed by atoms with van der Waals surface area (Å²) in [6.07, 6.45) is 2.02. The summed E-state index contributed by atoms with van der Waals surface area (Å²) < 4.78 is 10.5. The summed E-state index contributed by atoms with van der Waals surface area (Å²) in [6.45, 7) is 10.8. The Morgan fingerprint density at radius 3 is 1.95 bits per heavy atom. The molecule has 0 radical (unpaired) electrons. The van der Waals surface area contributed by atoms with E-state index in [1.807, 2.05) is 0 Å². The van der Waals surface area contributed by atoms with Crippen LogP contribution in [0.5, 0.6) is 0 Å². The van der Waals surface area contributed by atoms with Crippen molar-refractivity contribution >= 4 is 18.3 Å². The molecule has 0 aromatic rings. The van der Waals surface area contributed by atoms with Crippen LogP contribution in [0.2, 0.25) is 0 Å². The highest BCUT2D eigenvalue weighted by Gasteiger charge is 2.26. The fourth-order valence-electron chi connectivity index (χ4n) is 1.62. The minimum atomic E-state index is -0.633. The van der Waals surface area contributed by atoms with E-state index in [0.29, 0.717) is 25.8 Å². The standard InChI is InChI=1S/C16H29NO5/c1-15(2,3)21-13(19)12-17(10-8-7-9-11-18)14(20)22-16(4,5)6/h11H,7-10,12H2,1-6H3. The summed E-state index contributed by atoms with van der Waals surface area (Å²) in [4.78, 5) is 35.7. The number of amides is 1. The van der Waals surface area contributed by atoms with E-state index in [1.54, 1.807) is 41.5 Å². The molecule has 0 fully saturated rings. The van der Waals surface area contributed by atoms with E-state index in [1.165, 1.54) is 4.90 Å². The smallest absolute Gasteiger partial charge is 0.410 e. The molecule has 0 aliphatic carbocycles. The van der Waals surface area contributed by atoms with E-state index in [-0.39, 0.29) is 6.54 Å². The Morgan fingerprint density at radius 2 is 1.50 bits per heavy atom. The van der Waals surface area contributed by atoms with Gasteiger partial charge in [0.1, 0.15) is 24.0 Å². The fourth-order valence-corrected chi connectivity index (χ4v) is 1.62. The molecule has 0 rings (SSSR count). The molecule has 0 aliphatic rings. The van der Waals surface area contributed by atoms with Gasteiger partial charge in [-0.15, -0.1) is 0 Å². The lowest BCUT2D eigenvalue weighted by Crippen LogP contribution is -2.42. The van der Waals surface area contributed by atoms with E-state index in [0.717, 1.165) is 6.29 Å². The first-order chi connectivity index (χ1) is 9.94. The average Bonchev–Trinajstić information content (AvgIpc) is 2.28. The maximum Gasteiger partial charge on any atom is 0.410 e. The van der Waals surface area contributed by atoms with Gasteiger partial charge in [0.2, 0.25) is 0 Å². The summed E-state index contributed by atoms with van der Waals surface area (Å²) in [6, 6.07) is 0. The number of rotatable bonds is 7. The van der Waals surface area contributed by atoms with Gasteiger partial charge in [-0.1, -0.05) is 0 Å². The van der Waals surface area contributed by atoms with Gasteiger partial charge in [0.05, 0.1) is 0 Å².